The molecule has 1 aliphatic carbocycles. The van der Waals surface area contributed by atoms with Crippen LogP contribution in [0.25, 0.3) is 0 Å². The van der Waals surface area contributed by atoms with Gasteiger partial charge in [0.2, 0.25) is 5.91 Å². The van der Waals surface area contributed by atoms with Crippen LogP contribution in [0.4, 0.5) is 0 Å². The molecular formula is C15H20N2O2. The zero-order valence-corrected chi connectivity index (χ0v) is 11.1. The number of amides is 1. The quantitative estimate of drug-likeness (QED) is 0.893. The molecule has 102 valence electrons. The summed E-state index contributed by atoms with van der Waals surface area (Å²) < 4.78 is 0. The minimum atomic E-state index is -0.389. The number of aromatic nitrogens is 1. The second-order valence-corrected chi connectivity index (χ2v) is 5.79. The minimum Gasteiger partial charge on any atom is -0.390 e. The number of rotatable bonds is 3. The van der Waals surface area contributed by atoms with Crippen molar-refractivity contribution in [3.8, 4) is 0 Å². The summed E-state index contributed by atoms with van der Waals surface area (Å²) in [6, 6.07) is 3.77. The SMILES string of the molecule is O=C(Cc1ccncc1)N1CCC(C2(O)CC2)CC1. The van der Waals surface area contributed by atoms with Crippen LogP contribution in [-0.2, 0) is 11.2 Å². The van der Waals surface area contributed by atoms with E-state index < -0.39 is 0 Å². The van der Waals surface area contributed by atoms with E-state index in [0.717, 1.165) is 44.3 Å². The number of aliphatic hydroxyl groups is 1. The van der Waals surface area contributed by atoms with E-state index in [1.807, 2.05) is 17.0 Å². The first kappa shape index (κ1) is 12.6. The Kier molecular flexibility index (Phi) is 3.27. The second-order valence-electron chi connectivity index (χ2n) is 5.79. The van der Waals surface area contributed by atoms with Crippen molar-refractivity contribution in [3.05, 3.63) is 30.1 Å². The van der Waals surface area contributed by atoms with Gasteiger partial charge in [0.1, 0.15) is 0 Å². The Labute approximate surface area is 113 Å². The van der Waals surface area contributed by atoms with Crippen LogP contribution in [0.15, 0.2) is 24.5 Å². The van der Waals surface area contributed by atoms with Crippen LogP contribution in [0.3, 0.4) is 0 Å². The van der Waals surface area contributed by atoms with Crippen LogP contribution >= 0.6 is 0 Å². The van der Waals surface area contributed by atoms with E-state index in [1.165, 1.54) is 0 Å². The van der Waals surface area contributed by atoms with Crippen molar-refractivity contribution in [1.82, 2.24) is 9.88 Å². The summed E-state index contributed by atoms with van der Waals surface area (Å²) in [7, 11) is 0. The molecule has 0 aromatic carbocycles. The van der Waals surface area contributed by atoms with Crippen molar-refractivity contribution in [2.75, 3.05) is 13.1 Å². The van der Waals surface area contributed by atoms with E-state index in [2.05, 4.69) is 4.98 Å². The van der Waals surface area contributed by atoms with E-state index in [4.69, 9.17) is 0 Å². The van der Waals surface area contributed by atoms with Crippen molar-refractivity contribution in [1.29, 1.82) is 0 Å². The summed E-state index contributed by atoms with van der Waals surface area (Å²) in [6.45, 7) is 1.58. The third-order valence-electron chi connectivity index (χ3n) is 4.47. The monoisotopic (exact) mass is 260 g/mol. The minimum absolute atomic E-state index is 0.187. The second kappa shape index (κ2) is 4.93. The van der Waals surface area contributed by atoms with Gasteiger partial charge in [0.15, 0.2) is 0 Å². The standard InChI is InChI=1S/C15H20N2O2/c18-14(11-12-1-7-16-8-2-12)17-9-3-13(4-10-17)15(19)5-6-15/h1-2,7-8,13,19H,3-6,9-11H2. The average molecular weight is 260 g/mol. The molecule has 4 heteroatoms. The van der Waals surface area contributed by atoms with Crippen LogP contribution in [0.2, 0.25) is 0 Å². The van der Waals surface area contributed by atoms with E-state index in [0.29, 0.717) is 12.3 Å². The number of carbonyl (C=O) groups is 1. The van der Waals surface area contributed by atoms with E-state index >= 15 is 0 Å². The van der Waals surface area contributed by atoms with Gasteiger partial charge in [-0.25, -0.2) is 0 Å². The highest BCUT2D eigenvalue weighted by Crippen LogP contribution is 2.46. The fourth-order valence-corrected chi connectivity index (χ4v) is 2.99. The normalized spacial score (nSPS) is 22.3. The summed E-state index contributed by atoms with van der Waals surface area (Å²) in [5.74, 6) is 0.588. The van der Waals surface area contributed by atoms with Crippen molar-refractivity contribution in [2.45, 2.75) is 37.7 Å². The molecule has 1 aromatic heterocycles. The Morgan fingerprint density at radius 3 is 2.53 bits per heavy atom. The molecule has 1 N–H and O–H groups in total. The largest absolute Gasteiger partial charge is 0.390 e. The zero-order valence-electron chi connectivity index (χ0n) is 11.1. The van der Waals surface area contributed by atoms with E-state index in [9.17, 15) is 9.90 Å². The summed E-state index contributed by atoms with van der Waals surface area (Å²) in [6.07, 6.45) is 7.68. The number of hydrogen-bond acceptors (Lipinski definition) is 3. The average Bonchev–Trinajstić information content (AvgIpc) is 3.19. The predicted molar refractivity (Wildman–Crippen MR) is 71.4 cm³/mol. The summed E-state index contributed by atoms with van der Waals surface area (Å²) in [5.41, 5.74) is 0.628. The van der Waals surface area contributed by atoms with Crippen LogP contribution in [-0.4, -0.2) is 39.6 Å². The Bertz CT molecular complexity index is 448. The molecule has 0 bridgehead atoms. The lowest BCUT2D eigenvalue weighted by molar-refractivity contribution is -0.132. The van der Waals surface area contributed by atoms with E-state index in [-0.39, 0.29) is 11.5 Å². The predicted octanol–water partition coefficient (Wildman–Crippen LogP) is 1.39. The maximum absolute atomic E-state index is 12.2. The fourth-order valence-electron chi connectivity index (χ4n) is 2.99. The number of carbonyl (C=O) groups excluding carboxylic acids is 1. The van der Waals surface area contributed by atoms with Gasteiger partial charge in [-0.15, -0.1) is 0 Å². The molecule has 0 atom stereocenters. The van der Waals surface area contributed by atoms with E-state index in [1.54, 1.807) is 12.4 Å². The van der Waals surface area contributed by atoms with Gasteiger partial charge in [0.25, 0.3) is 0 Å². The molecule has 1 amide bonds. The smallest absolute Gasteiger partial charge is 0.226 e. The van der Waals surface area contributed by atoms with Crippen molar-refractivity contribution in [3.63, 3.8) is 0 Å². The summed E-state index contributed by atoms with van der Waals surface area (Å²) >= 11 is 0. The molecule has 0 unspecified atom stereocenters. The first-order valence-electron chi connectivity index (χ1n) is 7.06. The number of pyridine rings is 1. The van der Waals surface area contributed by atoms with Gasteiger partial charge < -0.3 is 10.0 Å². The molecule has 1 saturated heterocycles. The molecule has 0 spiro atoms. The molecule has 0 radical (unpaired) electrons. The molecule has 2 aliphatic rings. The Morgan fingerprint density at radius 1 is 1.32 bits per heavy atom. The molecule has 1 aromatic rings. The van der Waals surface area contributed by atoms with Crippen LogP contribution < -0.4 is 0 Å². The third-order valence-corrected chi connectivity index (χ3v) is 4.47. The maximum atomic E-state index is 12.2. The van der Waals surface area contributed by atoms with Gasteiger partial charge in [-0.1, -0.05) is 0 Å². The van der Waals surface area contributed by atoms with Crippen molar-refractivity contribution >= 4 is 5.91 Å². The van der Waals surface area contributed by atoms with Crippen molar-refractivity contribution in [2.24, 2.45) is 5.92 Å². The molecule has 4 nitrogen and oxygen atoms in total. The highest BCUT2D eigenvalue weighted by molar-refractivity contribution is 5.78. The Balaban J connectivity index is 1.52. The number of piperidine rings is 1. The van der Waals surface area contributed by atoms with Crippen LogP contribution in [0.5, 0.6) is 0 Å². The van der Waals surface area contributed by atoms with Crippen LogP contribution in [0.1, 0.15) is 31.2 Å². The molecule has 2 heterocycles. The molecule has 1 saturated carbocycles. The zero-order chi connectivity index (χ0) is 13.3. The lowest BCUT2D eigenvalue weighted by Crippen LogP contribution is -2.42. The molecule has 1 aliphatic heterocycles. The van der Waals surface area contributed by atoms with Gasteiger partial charge in [-0.3, -0.25) is 9.78 Å². The van der Waals surface area contributed by atoms with Crippen molar-refractivity contribution < 1.29 is 9.90 Å². The molecule has 3 rings (SSSR count). The summed E-state index contributed by atoms with van der Waals surface area (Å²) in [4.78, 5) is 18.1. The first-order valence-corrected chi connectivity index (χ1v) is 7.06. The van der Waals surface area contributed by atoms with Gasteiger partial charge in [0, 0.05) is 25.5 Å². The van der Waals surface area contributed by atoms with Gasteiger partial charge >= 0.3 is 0 Å². The number of hydrogen-bond donors (Lipinski definition) is 1. The lowest BCUT2D eigenvalue weighted by Gasteiger charge is -2.34. The topological polar surface area (TPSA) is 53.4 Å². The molecule has 19 heavy (non-hydrogen) atoms. The fraction of sp³-hybridized carbons (Fsp3) is 0.600. The highest BCUT2D eigenvalue weighted by atomic mass is 16.3. The Hall–Kier alpha value is -1.42. The first-order chi connectivity index (χ1) is 9.17. The Morgan fingerprint density at radius 2 is 1.95 bits per heavy atom. The molecular weight excluding hydrogens is 240 g/mol. The summed E-state index contributed by atoms with van der Waals surface area (Å²) in [5, 5.41) is 10.1. The highest BCUT2D eigenvalue weighted by Gasteiger charge is 2.48. The van der Waals surface area contributed by atoms with Gasteiger partial charge in [-0.05, 0) is 49.3 Å². The van der Waals surface area contributed by atoms with Gasteiger partial charge in [0.05, 0.1) is 12.0 Å². The van der Waals surface area contributed by atoms with Crippen LogP contribution in [0, 0.1) is 5.92 Å². The lowest BCUT2D eigenvalue weighted by atomic mass is 9.89. The number of likely N-dealkylation sites (tertiary alicyclic amines) is 1. The van der Waals surface area contributed by atoms with Gasteiger partial charge in [-0.2, -0.15) is 0 Å². The number of nitrogens with zero attached hydrogens (tertiary/aromatic N) is 2. The third kappa shape index (κ3) is 2.78. The molecule has 2 fully saturated rings. The maximum Gasteiger partial charge on any atom is 0.226 e.